The summed E-state index contributed by atoms with van der Waals surface area (Å²) in [6.45, 7) is 17.3. The van der Waals surface area contributed by atoms with Crippen LogP contribution in [0, 0.1) is 18.8 Å². The molecule has 0 unspecified atom stereocenters. The third-order valence-corrected chi connectivity index (χ3v) is 4.69. The van der Waals surface area contributed by atoms with Crippen LogP contribution in [0.1, 0.15) is 38.3 Å². The van der Waals surface area contributed by atoms with Gasteiger partial charge in [0.15, 0.2) is 0 Å². The topological polar surface area (TPSA) is 12.0 Å². The highest BCUT2D eigenvalue weighted by Gasteiger charge is 2.01. The highest BCUT2D eigenvalue weighted by Crippen LogP contribution is 2.25. The first-order valence-corrected chi connectivity index (χ1v) is 9.69. The zero-order valence-corrected chi connectivity index (χ0v) is 16.7. The van der Waals surface area contributed by atoms with Crippen LogP contribution in [0.4, 0.5) is 5.69 Å². The van der Waals surface area contributed by atoms with Gasteiger partial charge < -0.3 is 5.32 Å². The summed E-state index contributed by atoms with van der Waals surface area (Å²) in [6.07, 6.45) is 7.03. The SMILES string of the molecule is C=CC(=C/C)/C=C(/CC)C(=C)SCC#Cc1ccc(NCC)c(C)c1. The Balaban J connectivity index is 2.68. The molecule has 0 saturated heterocycles. The first kappa shape index (κ1) is 20.9. The number of hydrogen-bond acceptors (Lipinski definition) is 2. The molecule has 0 amide bonds. The van der Waals surface area contributed by atoms with Crippen LogP contribution >= 0.6 is 11.8 Å². The van der Waals surface area contributed by atoms with Gasteiger partial charge in [-0.25, -0.2) is 0 Å². The van der Waals surface area contributed by atoms with Crippen molar-refractivity contribution < 1.29 is 0 Å². The third-order valence-electron chi connectivity index (χ3n) is 3.79. The first-order chi connectivity index (χ1) is 12.0. The Hall–Kier alpha value is -2.11. The molecular formula is C23H29NS. The molecule has 0 bridgehead atoms. The molecule has 2 heteroatoms. The average molecular weight is 352 g/mol. The molecule has 1 aromatic carbocycles. The van der Waals surface area contributed by atoms with Gasteiger partial charge in [-0.2, -0.15) is 0 Å². The van der Waals surface area contributed by atoms with Crippen LogP contribution < -0.4 is 5.32 Å². The van der Waals surface area contributed by atoms with Gasteiger partial charge in [0.25, 0.3) is 0 Å². The van der Waals surface area contributed by atoms with E-state index in [0.29, 0.717) is 0 Å². The van der Waals surface area contributed by atoms with E-state index in [9.17, 15) is 0 Å². The van der Waals surface area contributed by atoms with Gasteiger partial charge in [-0.15, -0.1) is 11.8 Å². The summed E-state index contributed by atoms with van der Waals surface area (Å²) < 4.78 is 0. The predicted molar refractivity (Wildman–Crippen MR) is 116 cm³/mol. The number of hydrogen-bond donors (Lipinski definition) is 1. The van der Waals surface area contributed by atoms with E-state index in [2.05, 4.69) is 81.4 Å². The van der Waals surface area contributed by atoms with Gasteiger partial charge in [-0.3, -0.25) is 0 Å². The maximum absolute atomic E-state index is 4.20. The van der Waals surface area contributed by atoms with E-state index in [0.717, 1.165) is 34.8 Å². The lowest BCUT2D eigenvalue weighted by Gasteiger charge is -2.07. The fourth-order valence-corrected chi connectivity index (χ4v) is 3.03. The molecule has 0 radical (unpaired) electrons. The Labute approximate surface area is 158 Å². The lowest BCUT2D eigenvalue weighted by atomic mass is 10.1. The molecule has 0 aliphatic rings. The van der Waals surface area contributed by atoms with Crippen molar-refractivity contribution in [3.05, 3.63) is 76.8 Å². The Kier molecular flexibility index (Phi) is 9.58. The molecule has 1 N–H and O–H groups in total. The molecule has 0 heterocycles. The second-order valence-electron chi connectivity index (χ2n) is 5.59. The van der Waals surface area contributed by atoms with E-state index in [1.54, 1.807) is 11.8 Å². The fraction of sp³-hybridized carbons (Fsp3) is 0.304. The quantitative estimate of drug-likeness (QED) is 0.424. The maximum atomic E-state index is 4.20. The Morgan fingerprint density at radius 2 is 2.08 bits per heavy atom. The highest BCUT2D eigenvalue weighted by atomic mass is 32.2. The number of rotatable bonds is 8. The van der Waals surface area contributed by atoms with Gasteiger partial charge in [0.2, 0.25) is 0 Å². The minimum Gasteiger partial charge on any atom is -0.385 e. The van der Waals surface area contributed by atoms with Crippen LogP contribution in [0.2, 0.25) is 0 Å². The van der Waals surface area contributed by atoms with Crippen molar-refractivity contribution in [2.24, 2.45) is 0 Å². The minimum absolute atomic E-state index is 0.740. The van der Waals surface area contributed by atoms with Crippen molar-refractivity contribution in [1.29, 1.82) is 0 Å². The van der Waals surface area contributed by atoms with Gasteiger partial charge in [-0.05, 0) is 62.1 Å². The largest absolute Gasteiger partial charge is 0.385 e. The molecule has 25 heavy (non-hydrogen) atoms. The summed E-state index contributed by atoms with van der Waals surface area (Å²) >= 11 is 1.70. The summed E-state index contributed by atoms with van der Waals surface area (Å²) in [5, 5.41) is 3.35. The zero-order chi connectivity index (χ0) is 18.7. The summed E-state index contributed by atoms with van der Waals surface area (Å²) in [5.74, 6) is 7.22. The molecule has 0 aromatic heterocycles. The van der Waals surface area contributed by atoms with Gasteiger partial charge >= 0.3 is 0 Å². The van der Waals surface area contributed by atoms with Gasteiger partial charge in [0.05, 0.1) is 5.75 Å². The van der Waals surface area contributed by atoms with Gasteiger partial charge in [0.1, 0.15) is 0 Å². The Bertz CT molecular complexity index is 726. The molecule has 1 aromatic rings. The summed E-state index contributed by atoms with van der Waals surface area (Å²) in [6, 6.07) is 6.29. The van der Waals surface area contributed by atoms with Gasteiger partial charge in [0, 0.05) is 22.7 Å². The van der Waals surface area contributed by atoms with Crippen LogP contribution in [-0.2, 0) is 0 Å². The zero-order valence-electron chi connectivity index (χ0n) is 15.9. The Morgan fingerprint density at radius 1 is 1.32 bits per heavy atom. The fourth-order valence-electron chi connectivity index (χ4n) is 2.33. The molecule has 0 atom stereocenters. The lowest BCUT2D eigenvalue weighted by Crippen LogP contribution is -1.98. The highest BCUT2D eigenvalue weighted by molar-refractivity contribution is 8.03. The molecule has 132 valence electrons. The molecular weight excluding hydrogens is 322 g/mol. The molecule has 0 spiro atoms. The first-order valence-electron chi connectivity index (χ1n) is 8.70. The van der Waals surface area contributed by atoms with Crippen molar-refractivity contribution >= 4 is 17.4 Å². The van der Waals surface area contributed by atoms with Crippen molar-refractivity contribution in [2.45, 2.75) is 34.1 Å². The number of allylic oxidation sites excluding steroid dienone is 5. The average Bonchev–Trinajstić information content (AvgIpc) is 2.62. The minimum atomic E-state index is 0.740. The second-order valence-corrected chi connectivity index (χ2v) is 6.66. The predicted octanol–water partition coefficient (Wildman–Crippen LogP) is 6.49. The van der Waals surface area contributed by atoms with E-state index < -0.39 is 0 Å². The van der Waals surface area contributed by atoms with Crippen molar-refractivity contribution in [1.82, 2.24) is 0 Å². The van der Waals surface area contributed by atoms with Crippen LogP contribution in [0.5, 0.6) is 0 Å². The number of thioether (sulfide) groups is 1. The molecule has 0 saturated carbocycles. The summed E-state index contributed by atoms with van der Waals surface area (Å²) in [7, 11) is 0. The van der Waals surface area contributed by atoms with Crippen LogP contribution in [-0.4, -0.2) is 12.3 Å². The van der Waals surface area contributed by atoms with Gasteiger partial charge in [-0.1, -0.05) is 50.2 Å². The Morgan fingerprint density at radius 3 is 2.64 bits per heavy atom. The van der Waals surface area contributed by atoms with E-state index in [1.165, 1.54) is 16.8 Å². The number of nitrogens with one attached hydrogen (secondary N) is 1. The monoisotopic (exact) mass is 351 g/mol. The lowest BCUT2D eigenvalue weighted by molar-refractivity contribution is 1.14. The maximum Gasteiger partial charge on any atom is 0.0598 e. The third kappa shape index (κ3) is 7.11. The van der Waals surface area contributed by atoms with Crippen LogP contribution in [0.3, 0.4) is 0 Å². The van der Waals surface area contributed by atoms with E-state index in [4.69, 9.17) is 0 Å². The number of aryl methyl sites for hydroxylation is 1. The molecule has 0 aliphatic carbocycles. The van der Waals surface area contributed by atoms with Crippen molar-refractivity contribution in [3.8, 4) is 11.8 Å². The number of benzene rings is 1. The standard InChI is InChI=1S/C23H29NS/c1-7-20(8-2)17-22(9-3)19(6)25-15-11-12-21-13-14-23(24-10-4)18(5)16-21/h7-8,13-14,16-17,24H,1,6,9-10,15H2,2-5H3/b20-8-,22-17-. The number of anilines is 1. The summed E-state index contributed by atoms with van der Waals surface area (Å²) in [4.78, 5) is 1.08. The van der Waals surface area contributed by atoms with E-state index in [1.807, 2.05) is 13.0 Å². The molecule has 1 rings (SSSR count). The van der Waals surface area contributed by atoms with Crippen LogP contribution in [0.25, 0.3) is 0 Å². The smallest absolute Gasteiger partial charge is 0.0598 e. The van der Waals surface area contributed by atoms with E-state index in [-0.39, 0.29) is 0 Å². The second kappa shape index (κ2) is 11.4. The van der Waals surface area contributed by atoms with E-state index >= 15 is 0 Å². The van der Waals surface area contributed by atoms with Crippen molar-refractivity contribution in [2.75, 3.05) is 17.6 Å². The normalized spacial score (nSPS) is 11.5. The summed E-state index contributed by atoms with van der Waals surface area (Å²) in [5.41, 5.74) is 5.83. The molecule has 0 aliphatic heterocycles. The molecule has 1 nitrogen and oxygen atoms in total. The van der Waals surface area contributed by atoms with Crippen LogP contribution in [0.15, 0.2) is 65.6 Å². The van der Waals surface area contributed by atoms with Crippen molar-refractivity contribution in [3.63, 3.8) is 0 Å². The molecule has 0 fully saturated rings.